The van der Waals surface area contributed by atoms with Crippen molar-refractivity contribution in [3.63, 3.8) is 0 Å². The summed E-state index contributed by atoms with van der Waals surface area (Å²) in [6.07, 6.45) is 0.665. The Bertz CT molecular complexity index is 491. The van der Waals surface area contributed by atoms with Crippen molar-refractivity contribution in [1.29, 1.82) is 0 Å². The molecule has 4 heteroatoms. The molecule has 1 amide bonds. The third kappa shape index (κ3) is 4.73. The molecule has 2 rings (SSSR count). The van der Waals surface area contributed by atoms with Crippen LogP contribution in [0.4, 0.5) is 5.69 Å². The zero-order valence-corrected chi connectivity index (χ0v) is 14.4. The topological polar surface area (TPSA) is 26.8 Å². The molecule has 1 aromatic carbocycles. The van der Waals surface area contributed by atoms with Crippen molar-refractivity contribution in [2.45, 2.75) is 26.8 Å². The van der Waals surface area contributed by atoms with Crippen LogP contribution in [0, 0.1) is 5.92 Å². The van der Waals surface area contributed by atoms with Crippen molar-refractivity contribution < 1.29 is 4.79 Å². The lowest BCUT2D eigenvalue weighted by Gasteiger charge is -2.36. The number of carbonyl (C=O) groups is 1. The van der Waals surface area contributed by atoms with Gasteiger partial charge in [-0.2, -0.15) is 0 Å². The number of benzene rings is 1. The van der Waals surface area contributed by atoms with Crippen LogP contribution in [0.25, 0.3) is 0 Å². The number of anilines is 1. The second-order valence-corrected chi connectivity index (χ2v) is 6.87. The van der Waals surface area contributed by atoms with E-state index in [4.69, 9.17) is 0 Å². The summed E-state index contributed by atoms with van der Waals surface area (Å²) < 4.78 is 0. The van der Waals surface area contributed by atoms with E-state index in [1.807, 2.05) is 4.90 Å². The first kappa shape index (κ1) is 16.8. The van der Waals surface area contributed by atoms with Crippen LogP contribution in [0.2, 0.25) is 0 Å². The molecule has 1 saturated heterocycles. The maximum atomic E-state index is 12.1. The molecule has 0 aliphatic carbocycles. The highest BCUT2D eigenvalue weighted by atomic mass is 16.2. The molecule has 0 bridgehead atoms. The molecule has 0 atom stereocenters. The van der Waals surface area contributed by atoms with Crippen molar-refractivity contribution in [3.8, 4) is 0 Å². The second kappa shape index (κ2) is 7.63. The molecule has 0 unspecified atom stereocenters. The molecule has 0 spiro atoms. The summed E-state index contributed by atoms with van der Waals surface area (Å²) in [7, 11) is 4.18. The zero-order chi connectivity index (χ0) is 16.1. The molecule has 1 fully saturated rings. The highest BCUT2D eigenvalue weighted by Gasteiger charge is 2.21. The fourth-order valence-corrected chi connectivity index (χ4v) is 2.91. The lowest BCUT2D eigenvalue weighted by Crippen LogP contribution is -2.49. The first-order valence-electron chi connectivity index (χ1n) is 8.22. The number of rotatable bonds is 5. The van der Waals surface area contributed by atoms with Gasteiger partial charge in [-0.3, -0.25) is 4.79 Å². The molecule has 0 radical (unpaired) electrons. The molecular weight excluding hydrogens is 274 g/mol. The van der Waals surface area contributed by atoms with Crippen LogP contribution in [-0.2, 0) is 11.3 Å². The number of nitrogens with zero attached hydrogens (tertiary/aromatic N) is 3. The fourth-order valence-electron chi connectivity index (χ4n) is 2.91. The van der Waals surface area contributed by atoms with Gasteiger partial charge < -0.3 is 14.7 Å². The Morgan fingerprint density at radius 2 is 1.86 bits per heavy atom. The van der Waals surface area contributed by atoms with E-state index in [-0.39, 0.29) is 0 Å². The Labute approximate surface area is 134 Å². The fraction of sp³-hybridized carbons (Fsp3) is 0.611. The summed E-state index contributed by atoms with van der Waals surface area (Å²) in [5.74, 6) is 0.740. The van der Waals surface area contributed by atoms with Gasteiger partial charge in [-0.1, -0.05) is 26.0 Å². The minimum Gasteiger partial charge on any atom is -0.368 e. The van der Waals surface area contributed by atoms with Crippen molar-refractivity contribution in [3.05, 3.63) is 29.8 Å². The van der Waals surface area contributed by atoms with Crippen LogP contribution in [0.3, 0.4) is 0 Å². The van der Waals surface area contributed by atoms with Gasteiger partial charge in [-0.15, -0.1) is 0 Å². The Balaban J connectivity index is 1.92. The van der Waals surface area contributed by atoms with Gasteiger partial charge in [0.25, 0.3) is 0 Å². The molecule has 1 aromatic rings. The Morgan fingerprint density at radius 3 is 2.45 bits per heavy atom. The second-order valence-electron chi connectivity index (χ2n) is 6.87. The summed E-state index contributed by atoms with van der Waals surface area (Å²) in [4.78, 5) is 18.7. The van der Waals surface area contributed by atoms with Crippen LogP contribution >= 0.6 is 0 Å². The van der Waals surface area contributed by atoms with Gasteiger partial charge in [-0.25, -0.2) is 0 Å². The van der Waals surface area contributed by atoms with Crippen LogP contribution in [-0.4, -0.2) is 56.0 Å². The van der Waals surface area contributed by atoms with Gasteiger partial charge in [0.2, 0.25) is 5.91 Å². The quantitative estimate of drug-likeness (QED) is 0.836. The third-order valence-corrected chi connectivity index (χ3v) is 3.99. The molecule has 22 heavy (non-hydrogen) atoms. The highest BCUT2D eigenvalue weighted by molar-refractivity contribution is 5.76. The lowest BCUT2D eigenvalue weighted by atomic mass is 10.1. The number of hydrogen-bond acceptors (Lipinski definition) is 3. The van der Waals surface area contributed by atoms with E-state index in [9.17, 15) is 4.79 Å². The van der Waals surface area contributed by atoms with Gasteiger partial charge in [0.1, 0.15) is 0 Å². The number of carbonyl (C=O) groups excluding carboxylic acids is 1. The maximum absolute atomic E-state index is 12.1. The first-order valence-corrected chi connectivity index (χ1v) is 8.22. The molecular formula is C18H29N3O. The molecule has 1 heterocycles. The Hall–Kier alpha value is -1.55. The monoisotopic (exact) mass is 303 g/mol. The third-order valence-electron chi connectivity index (χ3n) is 3.99. The van der Waals surface area contributed by atoms with Crippen LogP contribution < -0.4 is 4.90 Å². The van der Waals surface area contributed by atoms with E-state index in [2.05, 4.69) is 62.0 Å². The van der Waals surface area contributed by atoms with E-state index in [0.29, 0.717) is 18.2 Å². The summed E-state index contributed by atoms with van der Waals surface area (Å²) in [6, 6.07) is 8.74. The van der Waals surface area contributed by atoms with E-state index in [0.717, 1.165) is 32.7 Å². The number of piperazine rings is 1. The van der Waals surface area contributed by atoms with E-state index >= 15 is 0 Å². The average Bonchev–Trinajstić information content (AvgIpc) is 2.46. The van der Waals surface area contributed by atoms with Gasteiger partial charge >= 0.3 is 0 Å². The first-order chi connectivity index (χ1) is 10.5. The van der Waals surface area contributed by atoms with Crippen LogP contribution in [0.5, 0.6) is 0 Å². The Kier molecular flexibility index (Phi) is 5.83. The summed E-state index contributed by atoms with van der Waals surface area (Å²) in [6.45, 7) is 8.69. The molecule has 0 N–H and O–H groups in total. The average molecular weight is 303 g/mol. The van der Waals surface area contributed by atoms with Gasteiger partial charge in [0.15, 0.2) is 0 Å². The van der Waals surface area contributed by atoms with Crippen molar-refractivity contribution in [2.75, 3.05) is 45.2 Å². The molecule has 1 aliphatic heterocycles. The molecule has 0 saturated carbocycles. The zero-order valence-electron chi connectivity index (χ0n) is 14.4. The van der Waals surface area contributed by atoms with E-state index in [1.165, 1.54) is 11.3 Å². The molecule has 4 nitrogen and oxygen atoms in total. The highest BCUT2D eigenvalue weighted by Crippen LogP contribution is 2.19. The van der Waals surface area contributed by atoms with Gasteiger partial charge in [0.05, 0.1) is 0 Å². The van der Waals surface area contributed by atoms with Gasteiger partial charge in [0, 0.05) is 44.8 Å². The minimum absolute atomic E-state index is 0.302. The predicted molar refractivity (Wildman–Crippen MR) is 92.1 cm³/mol. The predicted octanol–water partition coefficient (Wildman–Crippen LogP) is 2.44. The molecule has 1 aliphatic rings. The van der Waals surface area contributed by atoms with E-state index in [1.54, 1.807) is 0 Å². The smallest absolute Gasteiger partial charge is 0.222 e. The van der Waals surface area contributed by atoms with Crippen LogP contribution in [0.1, 0.15) is 25.8 Å². The summed E-state index contributed by atoms with van der Waals surface area (Å²) in [5.41, 5.74) is 2.61. The Morgan fingerprint density at radius 1 is 1.18 bits per heavy atom. The largest absolute Gasteiger partial charge is 0.368 e. The lowest BCUT2D eigenvalue weighted by molar-refractivity contribution is -0.132. The normalized spacial score (nSPS) is 15.7. The summed E-state index contributed by atoms with van der Waals surface area (Å²) in [5, 5.41) is 0. The van der Waals surface area contributed by atoms with Crippen LogP contribution in [0.15, 0.2) is 24.3 Å². The SMILES string of the molecule is CC(C)CC(=O)N1CCN(c2cccc(CN(C)C)c2)CC1. The number of amides is 1. The van der Waals surface area contributed by atoms with Gasteiger partial charge in [-0.05, 0) is 37.7 Å². The maximum Gasteiger partial charge on any atom is 0.222 e. The van der Waals surface area contributed by atoms with Crippen molar-refractivity contribution in [1.82, 2.24) is 9.80 Å². The molecule has 122 valence electrons. The standard InChI is InChI=1S/C18H29N3O/c1-15(2)12-18(22)21-10-8-20(9-11-21)17-7-5-6-16(13-17)14-19(3)4/h5-7,13,15H,8-12,14H2,1-4H3. The van der Waals surface area contributed by atoms with Crippen molar-refractivity contribution in [2.24, 2.45) is 5.92 Å². The number of hydrogen-bond donors (Lipinski definition) is 0. The van der Waals surface area contributed by atoms with Crippen molar-refractivity contribution >= 4 is 11.6 Å². The minimum atomic E-state index is 0.302. The summed E-state index contributed by atoms with van der Waals surface area (Å²) >= 11 is 0. The molecule has 0 aromatic heterocycles. The van der Waals surface area contributed by atoms with E-state index < -0.39 is 0 Å².